The number of hydrogen-bond donors (Lipinski definition) is 1. The zero-order valence-corrected chi connectivity index (χ0v) is 21.8. The fourth-order valence-corrected chi connectivity index (χ4v) is 5.79. The van der Waals surface area contributed by atoms with Crippen molar-refractivity contribution >= 4 is 44.1 Å². The Kier molecular flexibility index (Phi) is 6.43. The summed E-state index contributed by atoms with van der Waals surface area (Å²) in [5.74, 6) is -0.469. The lowest BCUT2D eigenvalue weighted by molar-refractivity contribution is -0.132. The number of amides is 1. The maximum Gasteiger partial charge on any atom is 0.301 e. The molecule has 1 aliphatic heterocycles. The summed E-state index contributed by atoms with van der Waals surface area (Å²) in [4.78, 5) is 33.1. The minimum absolute atomic E-state index is 0.00600. The van der Waals surface area contributed by atoms with Crippen LogP contribution in [0.4, 0.5) is 5.13 Å². The van der Waals surface area contributed by atoms with Crippen molar-refractivity contribution in [2.45, 2.75) is 26.8 Å². The van der Waals surface area contributed by atoms with Crippen molar-refractivity contribution in [3.63, 3.8) is 0 Å². The van der Waals surface area contributed by atoms with Gasteiger partial charge in [-0.25, -0.2) is 4.98 Å². The first-order valence-electron chi connectivity index (χ1n) is 11.9. The zero-order chi connectivity index (χ0) is 26.3. The molecular formula is C29H26N2O5S. The second kappa shape index (κ2) is 9.71. The van der Waals surface area contributed by atoms with Crippen LogP contribution in [-0.2, 0) is 9.59 Å². The number of anilines is 1. The first-order chi connectivity index (χ1) is 17.8. The molecule has 4 aromatic rings. The van der Waals surface area contributed by atoms with Gasteiger partial charge in [0.25, 0.3) is 5.78 Å². The van der Waals surface area contributed by atoms with Crippen molar-refractivity contribution in [1.82, 2.24) is 4.98 Å². The normalized spacial score (nSPS) is 17.0. The third kappa shape index (κ3) is 4.34. The molecule has 3 aromatic carbocycles. The molecule has 37 heavy (non-hydrogen) atoms. The number of Topliss-reactive ketones (excluding diaryl/α,β-unsaturated/α-hetero) is 1. The van der Waals surface area contributed by atoms with E-state index >= 15 is 0 Å². The highest BCUT2D eigenvalue weighted by atomic mass is 32.1. The van der Waals surface area contributed by atoms with Crippen LogP contribution in [0.5, 0.6) is 11.5 Å². The van der Waals surface area contributed by atoms with E-state index in [1.807, 2.05) is 32.9 Å². The summed E-state index contributed by atoms with van der Waals surface area (Å²) in [5, 5.41) is 11.7. The van der Waals surface area contributed by atoms with E-state index in [-0.39, 0.29) is 11.3 Å². The molecule has 5 rings (SSSR count). The van der Waals surface area contributed by atoms with Gasteiger partial charge in [-0.15, -0.1) is 0 Å². The molecule has 0 radical (unpaired) electrons. The maximum atomic E-state index is 13.5. The number of methoxy groups -OCH3 is 1. The van der Waals surface area contributed by atoms with Gasteiger partial charge in [-0.1, -0.05) is 29.5 Å². The number of rotatable bonds is 6. The molecule has 1 fully saturated rings. The van der Waals surface area contributed by atoms with Gasteiger partial charge in [-0.05, 0) is 79.9 Å². The van der Waals surface area contributed by atoms with Crippen LogP contribution in [0.2, 0.25) is 0 Å². The highest BCUT2D eigenvalue weighted by Crippen LogP contribution is 2.45. The molecule has 188 valence electrons. The quantitative estimate of drug-likeness (QED) is 0.194. The van der Waals surface area contributed by atoms with Gasteiger partial charge in [0.2, 0.25) is 0 Å². The van der Waals surface area contributed by atoms with Crippen molar-refractivity contribution in [1.29, 1.82) is 0 Å². The summed E-state index contributed by atoms with van der Waals surface area (Å²) < 4.78 is 11.7. The van der Waals surface area contributed by atoms with Crippen LogP contribution in [0.25, 0.3) is 16.0 Å². The number of thiazole rings is 1. The summed E-state index contributed by atoms with van der Waals surface area (Å²) >= 11 is 1.35. The fourth-order valence-electron chi connectivity index (χ4n) is 4.62. The van der Waals surface area contributed by atoms with Crippen LogP contribution in [0.3, 0.4) is 0 Å². The predicted octanol–water partition coefficient (Wildman–Crippen LogP) is 5.95. The summed E-state index contributed by atoms with van der Waals surface area (Å²) in [6.45, 7) is 6.37. The molecule has 2 heterocycles. The third-order valence-corrected chi connectivity index (χ3v) is 7.34. The lowest BCUT2D eigenvalue weighted by Crippen LogP contribution is -2.29. The standard InChI is InChI=1S/C29H26N2O5S/c1-5-36-21-12-8-19(9-13-21)26(32)23-25(18-6-10-20(35-4)11-7-18)31(28(34)27(23)33)29-30-24-17(3)14-16(2)15-22(24)37-29/h6-15,25,32H,5H2,1-4H3/t25-/m0/s1. The number of ketones is 1. The molecule has 0 unspecified atom stereocenters. The number of aliphatic hydroxyl groups excluding tert-OH is 1. The Balaban J connectivity index is 1.69. The number of carbonyl (C=O) groups is 2. The smallest absolute Gasteiger partial charge is 0.301 e. The molecule has 1 N–H and O–H groups in total. The van der Waals surface area contributed by atoms with Crippen molar-refractivity contribution in [2.75, 3.05) is 18.6 Å². The first-order valence-corrected chi connectivity index (χ1v) is 12.7. The number of aryl methyl sites for hydroxylation is 2. The van der Waals surface area contributed by atoms with Gasteiger partial charge in [0.15, 0.2) is 5.13 Å². The molecule has 1 atom stereocenters. The van der Waals surface area contributed by atoms with Crippen LogP contribution in [0, 0.1) is 13.8 Å². The topological polar surface area (TPSA) is 89.0 Å². The molecular weight excluding hydrogens is 488 g/mol. The SMILES string of the molecule is CCOc1ccc(C(O)=C2C(=O)C(=O)N(c3nc4c(C)cc(C)cc4s3)[C@H]2c2ccc(OC)cc2)cc1. The average molecular weight is 515 g/mol. The zero-order valence-electron chi connectivity index (χ0n) is 20.9. The summed E-state index contributed by atoms with van der Waals surface area (Å²) in [7, 11) is 1.57. The van der Waals surface area contributed by atoms with Gasteiger partial charge in [0.05, 0.1) is 35.5 Å². The highest BCUT2D eigenvalue weighted by molar-refractivity contribution is 7.22. The number of aromatic nitrogens is 1. The summed E-state index contributed by atoms with van der Waals surface area (Å²) in [6, 6.07) is 17.1. The van der Waals surface area contributed by atoms with E-state index in [9.17, 15) is 14.7 Å². The Morgan fingerprint density at radius 1 is 1.03 bits per heavy atom. The Labute approximate surface area is 218 Å². The Hall–Kier alpha value is -4.17. The highest BCUT2D eigenvalue weighted by Gasteiger charge is 2.48. The van der Waals surface area contributed by atoms with E-state index in [0.29, 0.717) is 34.4 Å². The second-order valence-electron chi connectivity index (χ2n) is 8.82. The molecule has 1 saturated heterocycles. The third-order valence-electron chi connectivity index (χ3n) is 6.34. The van der Waals surface area contributed by atoms with Crippen molar-refractivity contribution in [3.8, 4) is 11.5 Å². The minimum Gasteiger partial charge on any atom is -0.507 e. The van der Waals surface area contributed by atoms with Crippen LogP contribution < -0.4 is 14.4 Å². The molecule has 1 aliphatic rings. The van der Waals surface area contributed by atoms with Gasteiger partial charge >= 0.3 is 5.91 Å². The van der Waals surface area contributed by atoms with Gasteiger partial charge in [-0.3, -0.25) is 14.5 Å². The van der Waals surface area contributed by atoms with E-state index in [1.54, 1.807) is 55.6 Å². The van der Waals surface area contributed by atoms with Crippen LogP contribution in [0.15, 0.2) is 66.2 Å². The van der Waals surface area contributed by atoms with Crippen molar-refractivity contribution in [2.24, 2.45) is 0 Å². The average Bonchev–Trinajstić information content (AvgIpc) is 3.43. The summed E-state index contributed by atoms with van der Waals surface area (Å²) in [5.41, 5.74) is 3.93. The predicted molar refractivity (Wildman–Crippen MR) is 144 cm³/mol. The molecule has 1 aromatic heterocycles. The molecule has 1 amide bonds. The van der Waals surface area contributed by atoms with E-state index < -0.39 is 17.7 Å². The Bertz CT molecular complexity index is 1540. The molecule has 0 spiro atoms. The Morgan fingerprint density at radius 3 is 2.35 bits per heavy atom. The van der Waals surface area contributed by atoms with Gasteiger partial charge < -0.3 is 14.6 Å². The summed E-state index contributed by atoms with van der Waals surface area (Å²) in [6.07, 6.45) is 0. The number of nitrogens with zero attached hydrogens (tertiary/aromatic N) is 2. The molecule has 0 aliphatic carbocycles. The van der Waals surface area contributed by atoms with E-state index in [4.69, 9.17) is 14.5 Å². The van der Waals surface area contributed by atoms with Crippen LogP contribution in [-0.4, -0.2) is 35.5 Å². The first kappa shape index (κ1) is 24.5. The van der Waals surface area contributed by atoms with Crippen molar-refractivity contribution in [3.05, 3.63) is 88.5 Å². The number of carbonyl (C=O) groups excluding carboxylic acids is 2. The molecule has 0 saturated carbocycles. The lowest BCUT2D eigenvalue weighted by Gasteiger charge is -2.23. The number of hydrogen-bond acceptors (Lipinski definition) is 7. The lowest BCUT2D eigenvalue weighted by atomic mass is 9.95. The number of aliphatic hydroxyl groups is 1. The van der Waals surface area contributed by atoms with Gasteiger partial charge in [0, 0.05) is 5.56 Å². The molecule has 7 nitrogen and oxygen atoms in total. The van der Waals surface area contributed by atoms with E-state index in [0.717, 1.165) is 21.3 Å². The number of benzene rings is 3. The number of ether oxygens (including phenoxy) is 2. The van der Waals surface area contributed by atoms with E-state index in [1.165, 1.54) is 16.2 Å². The van der Waals surface area contributed by atoms with Crippen LogP contribution in [0.1, 0.15) is 35.2 Å². The molecule has 8 heteroatoms. The minimum atomic E-state index is -0.862. The fraction of sp³-hybridized carbons (Fsp3) is 0.207. The largest absolute Gasteiger partial charge is 0.507 e. The van der Waals surface area contributed by atoms with Gasteiger partial charge in [-0.2, -0.15) is 0 Å². The van der Waals surface area contributed by atoms with Crippen molar-refractivity contribution < 1.29 is 24.2 Å². The van der Waals surface area contributed by atoms with Gasteiger partial charge in [0.1, 0.15) is 17.3 Å². The molecule has 0 bridgehead atoms. The van der Waals surface area contributed by atoms with E-state index in [2.05, 4.69) is 0 Å². The van der Waals surface area contributed by atoms with Crippen LogP contribution >= 0.6 is 11.3 Å². The monoisotopic (exact) mass is 514 g/mol. The maximum absolute atomic E-state index is 13.5. The Morgan fingerprint density at radius 2 is 1.70 bits per heavy atom. The second-order valence-corrected chi connectivity index (χ2v) is 9.83. The number of fused-ring (bicyclic) bond motifs is 1.